The zero-order chi connectivity index (χ0) is 18.2. The Bertz CT molecular complexity index is 561. The van der Waals surface area contributed by atoms with Gasteiger partial charge in [-0.2, -0.15) is 0 Å². The number of likely N-dealkylation sites (tertiary alicyclic amines) is 1. The van der Waals surface area contributed by atoms with Gasteiger partial charge in [-0.05, 0) is 26.4 Å². The van der Waals surface area contributed by atoms with E-state index < -0.39 is 0 Å². The topological polar surface area (TPSA) is 72.1 Å². The van der Waals surface area contributed by atoms with Crippen molar-refractivity contribution in [3.63, 3.8) is 0 Å². The Hall–Kier alpha value is -1.70. The molecular weight excluding hydrogens is 358 g/mol. The lowest BCUT2D eigenvalue weighted by Gasteiger charge is -2.31. The number of rotatable bonds is 8. The predicted molar refractivity (Wildman–Crippen MR) is 104 cm³/mol. The van der Waals surface area contributed by atoms with Gasteiger partial charge in [0, 0.05) is 24.7 Å². The van der Waals surface area contributed by atoms with Crippen molar-refractivity contribution in [2.45, 2.75) is 25.4 Å². The molecule has 0 spiro atoms. The van der Waals surface area contributed by atoms with Crippen LogP contribution in [0.3, 0.4) is 0 Å². The quantitative estimate of drug-likeness (QED) is 0.703. The highest BCUT2D eigenvalue weighted by molar-refractivity contribution is 5.85. The molecule has 0 bridgehead atoms. The second-order valence-corrected chi connectivity index (χ2v) is 6.15. The molecule has 1 aromatic carbocycles. The molecule has 2 N–H and O–H groups in total. The van der Waals surface area contributed by atoms with E-state index in [0.717, 1.165) is 31.5 Å². The molecule has 1 unspecified atom stereocenters. The predicted octanol–water partition coefficient (Wildman–Crippen LogP) is 1.43. The molecule has 1 aliphatic heterocycles. The third-order valence-corrected chi connectivity index (χ3v) is 4.56. The number of halogens is 1. The Balaban J connectivity index is 0.00000338. The molecule has 1 heterocycles. The van der Waals surface area contributed by atoms with Crippen molar-refractivity contribution in [2.24, 2.45) is 0 Å². The highest BCUT2D eigenvalue weighted by Gasteiger charge is 2.21. The molecule has 0 aliphatic carbocycles. The molecule has 7 nitrogen and oxygen atoms in total. The summed E-state index contributed by atoms with van der Waals surface area (Å²) < 4.78 is 16.1. The molecule has 0 radical (unpaired) electrons. The van der Waals surface area contributed by atoms with E-state index >= 15 is 0 Å². The van der Waals surface area contributed by atoms with Gasteiger partial charge in [0.2, 0.25) is 5.91 Å². The van der Waals surface area contributed by atoms with Crippen molar-refractivity contribution < 1.29 is 19.0 Å². The van der Waals surface area contributed by atoms with Crippen LogP contribution in [0.15, 0.2) is 12.1 Å². The number of piperidine rings is 1. The number of hydrogen-bond donors (Lipinski definition) is 2. The molecule has 1 amide bonds. The summed E-state index contributed by atoms with van der Waals surface area (Å²) in [6, 6.07) is 4.03. The number of nitrogens with one attached hydrogen (secondary N) is 2. The fourth-order valence-electron chi connectivity index (χ4n) is 3.13. The van der Waals surface area contributed by atoms with E-state index in [1.54, 1.807) is 33.5 Å². The number of amides is 1. The highest BCUT2D eigenvalue weighted by atomic mass is 35.5. The van der Waals surface area contributed by atoms with Crippen LogP contribution in [0.2, 0.25) is 0 Å². The third kappa shape index (κ3) is 5.93. The molecule has 8 heteroatoms. The van der Waals surface area contributed by atoms with E-state index in [0.29, 0.717) is 36.4 Å². The molecule has 1 aliphatic rings. The minimum Gasteiger partial charge on any atom is -0.496 e. The van der Waals surface area contributed by atoms with Crippen LogP contribution in [0.25, 0.3) is 0 Å². The number of nitrogens with zero attached hydrogens (tertiary/aromatic N) is 1. The van der Waals surface area contributed by atoms with E-state index in [-0.39, 0.29) is 18.3 Å². The monoisotopic (exact) mass is 387 g/mol. The van der Waals surface area contributed by atoms with Gasteiger partial charge >= 0.3 is 0 Å². The number of ether oxygens (including phenoxy) is 3. The lowest BCUT2D eigenvalue weighted by Crippen LogP contribution is -2.47. The van der Waals surface area contributed by atoms with Gasteiger partial charge in [0.15, 0.2) is 0 Å². The average Bonchev–Trinajstić information content (AvgIpc) is 2.65. The summed E-state index contributed by atoms with van der Waals surface area (Å²) in [5, 5.41) is 6.25. The summed E-state index contributed by atoms with van der Waals surface area (Å²) >= 11 is 0. The van der Waals surface area contributed by atoms with E-state index in [1.807, 2.05) is 7.05 Å². The van der Waals surface area contributed by atoms with Crippen LogP contribution in [-0.4, -0.2) is 64.9 Å². The van der Waals surface area contributed by atoms with Crippen molar-refractivity contribution in [3.05, 3.63) is 17.7 Å². The average molecular weight is 388 g/mol. The molecule has 2 rings (SSSR count). The van der Waals surface area contributed by atoms with Crippen LogP contribution >= 0.6 is 12.4 Å². The lowest BCUT2D eigenvalue weighted by atomic mass is 10.1. The maximum Gasteiger partial charge on any atom is 0.234 e. The second-order valence-electron chi connectivity index (χ2n) is 6.15. The first-order chi connectivity index (χ1) is 12.1. The van der Waals surface area contributed by atoms with E-state index in [4.69, 9.17) is 14.2 Å². The summed E-state index contributed by atoms with van der Waals surface area (Å²) in [7, 11) is 6.74. The highest BCUT2D eigenvalue weighted by Crippen LogP contribution is 2.33. The molecule has 148 valence electrons. The maximum absolute atomic E-state index is 12.3. The fraction of sp³-hybridized carbons (Fsp3) is 0.611. The molecule has 26 heavy (non-hydrogen) atoms. The number of likely N-dealkylation sites (N-methyl/N-ethyl adjacent to an activating group) is 1. The summed E-state index contributed by atoms with van der Waals surface area (Å²) in [6.07, 6.45) is 2.27. The van der Waals surface area contributed by atoms with Crippen molar-refractivity contribution >= 4 is 18.3 Å². The smallest absolute Gasteiger partial charge is 0.234 e. The molecular formula is C18H30ClN3O4. The number of methoxy groups -OCH3 is 3. The first-order valence-electron chi connectivity index (χ1n) is 8.56. The molecule has 0 saturated carbocycles. The normalized spacial score (nSPS) is 17.2. The number of carbonyl (C=O) groups excluding carboxylic acids is 1. The second kappa shape index (κ2) is 11.1. The number of benzene rings is 1. The van der Waals surface area contributed by atoms with Crippen LogP contribution in [0.1, 0.15) is 18.4 Å². The standard InChI is InChI=1S/C18H29N3O4.ClH/c1-19-13-6-5-7-21(11-13)12-18(22)20-10-15-16(24-3)8-14(23-2)9-17(15)25-4;/h8-9,13,19H,5-7,10-12H2,1-4H3,(H,20,22);1H. The van der Waals surface area contributed by atoms with E-state index in [1.165, 1.54) is 0 Å². The van der Waals surface area contributed by atoms with Crippen LogP contribution in [0.5, 0.6) is 17.2 Å². The summed E-state index contributed by atoms with van der Waals surface area (Å²) in [5.41, 5.74) is 0.797. The van der Waals surface area contributed by atoms with E-state index in [2.05, 4.69) is 15.5 Å². The van der Waals surface area contributed by atoms with Crippen molar-refractivity contribution in [1.82, 2.24) is 15.5 Å². The van der Waals surface area contributed by atoms with Gasteiger partial charge in [-0.3, -0.25) is 9.69 Å². The number of hydrogen-bond acceptors (Lipinski definition) is 6. The molecule has 1 atom stereocenters. The Morgan fingerprint density at radius 1 is 1.19 bits per heavy atom. The third-order valence-electron chi connectivity index (χ3n) is 4.56. The molecule has 1 saturated heterocycles. The van der Waals surface area contributed by atoms with Gasteiger partial charge < -0.3 is 24.8 Å². The minimum atomic E-state index is -0.00308. The maximum atomic E-state index is 12.3. The Morgan fingerprint density at radius 3 is 2.38 bits per heavy atom. The van der Waals surface area contributed by atoms with Gasteiger partial charge in [0.05, 0.1) is 40.0 Å². The van der Waals surface area contributed by atoms with Gasteiger partial charge in [-0.15, -0.1) is 12.4 Å². The van der Waals surface area contributed by atoms with Gasteiger partial charge in [-0.25, -0.2) is 0 Å². The summed E-state index contributed by atoms with van der Waals surface area (Å²) in [4.78, 5) is 14.5. The lowest BCUT2D eigenvalue weighted by molar-refractivity contribution is -0.122. The first kappa shape index (κ1) is 22.3. The molecule has 1 aromatic rings. The largest absolute Gasteiger partial charge is 0.496 e. The molecule has 0 aromatic heterocycles. The zero-order valence-corrected chi connectivity index (χ0v) is 16.8. The Labute approximate surface area is 161 Å². The zero-order valence-electron chi connectivity index (χ0n) is 16.0. The van der Waals surface area contributed by atoms with E-state index in [9.17, 15) is 4.79 Å². The summed E-state index contributed by atoms with van der Waals surface area (Å²) in [5.74, 6) is 1.90. The van der Waals surface area contributed by atoms with Crippen molar-refractivity contribution in [2.75, 3.05) is 48.0 Å². The van der Waals surface area contributed by atoms with Crippen LogP contribution in [0.4, 0.5) is 0 Å². The number of carbonyl (C=O) groups is 1. The van der Waals surface area contributed by atoms with Crippen molar-refractivity contribution in [1.29, 1.82) is 0 Å². The molecule has 1 fully saturated rings. The Kier molecular flexibility index (Phi) is 9.54. The SMILES string of the molecule is CNC1CCCN(CC(=O)NCc2c(OC)cc(OC)cc2OC)C1.Cl. The van der Waals surface area contributed by atoms with Crippen LogP contribution < -0.4 is 24.8 Å². The van der Waals surface area contributed by atoms with Crippen molar-refractivity contribution in [3.8, 4) is 17.2 Å². The fourth-order valence-corrected chi connectivity index (χ4v) is 3.13. The van der Waals surface area contributed by atoms with Gasteiger partial charge in [0.1, 0.15) is 17.2 Å². The summed E-state index contributed by atoms with van der Waals surface area (Å²) in [6.45, 7) is 2.61. The van der Waals surface area contributed by atoms with Crippen LogP contribution in [-0.2, 0) is 11.3 Å². The van der Waals surface area contributed by atoms with Gasteiger partial charge in [0.25, 0.3) is 0 Å². The Morgan fingerprint density at radius 2 is 1.85 bits per heavy atom. The first-order valence-corrected chi connectivity index (χ1v) is 8.56. The van der Waals surface area contributed by atoms with Crippen LogP contribution in [0, 0.1) is 0 Å². The minimum absolute atomic E-state index is 0. The van der Waals surface area contributed by atoms with Gasteiger partial charge in [-0.1, -0.05) is 0 Å².